The lowest BCUT2D eigenvalue weighted by molar-refractivity contribution is 0.601. The minimum atomic E-state index is -3.84. The number of nitrogens with one attached hydrogen (secondary N) is 1. The van der Waals surface area contributed by atoms with E-state index >= 15 is 0 Å². The highest BCUT2D eigenvalue weighted by Gasteiger charge is 2.15. The lowest BCUT2D eigenvalue weighted by Crippen LogP contribution is -2.13. The van der Waals surface area contributed by atoms with Gasteiger partial charge in [-0.2, -0.15) is 10.5 Å². The van der Waals surface area contributed by atoms with Crippen LogP contribution in [-0.2, 0) is 10.0 Å². The lowest BCUT2D eigenvalue weighted by atomic mass is 10.1. The first-order valence-corrected chi connectivity index (χ1v) is 7.13. The minimum absolute atomic E-state index is 0.0436. The van der Waals surface area contributed by atoms with E-state index in [2.05, 4.69) is 9.71 Å². The van der Waals surface area contributed by atoms with Gasteiger partial charge in [0, 0.05) is 12.3 Å². The Labute approximate surface area is 121 Å². The largest absolute Gasteiger partial charge is 0.384 e. The molecule has 0 radical (unpaired) electrons. The highest BCUT2D eigenvalue weighted by atomic mass is 32.2. The van der Waals surface area contributed by atoms with Crippen LogP contribution in [0.3, 0.4) is 0 Å². The minimum Gasteiger partial charge on any atom is -0.384 e. The van der Waals surface area contributed by atoms with E-state index in [-0.39, 0.29) is 27.5 Å². The Kier molecular flexibility index (Phi) is 3.74. The summed E-state index contributed by atoms with van der Waals surface area (Å²) in [5.41, 5.74) is 5.90. The van der Waals surface area contributed by atoms with Crippen molar-refractivity contribution in [2.75, 3.05) is 10.5 Å². The molecule has 0 bridgehead atoms. The normalized spacial score (nSPS) is 10.4. The predicted molar refractivity (Wildman–Crippen MR) is 75.3 cm³/mol. The maximum absolute atomic E-state index is 12.2. The lowest BCUT2D eigenvalue weighted by Gasteiger charge is -2.09. The van der Waals surface area contributed by atoms with Gasteiger partial charge in [0.25, 0.3) is 10.0 Å². The summed E-state index contributed by atoms with van der Waals surface area (Å²) in [7, 11) is -3.84. The first-order valence-electron chi connectivity index (χ1n) is 5.65. The maximum Gasteiger partial charge on any atom is 0.262 e. The van der Waals surface area contributed by atoms with Gasteiger partial charge in [-0.1, -0.05) is 0 Å². The molecule has 0 saturated heterocycles. The van der Waals surface area contributed by atoms with Crippen LogP contribution in [0.5, 0.6) is 0 Å². The van der Waals surface area contributed by atoms with Gasteiger partial charge in [0.1, 0.15) is 18.0 Å². The SMILES string of the molecule is N#Cc1ccc(NS(=O)(=O)c2ccnc(N)c2)cc1C#N. The number of hydrogen-bond acceptors (Lipinski definition) is 6. The summed E-state index contributed by atoms with van der Waals surface area (Å²) >= 11 is 0. The second kappa shape index (κ2) is 5.49. The molecule has 2 aromatic rings. The number of nitrogens with zero attached hydrogens (tertiary/aromatic N) is 3. The Balaban J connectivity index is 2.38. The van der Waals surface area contributed by atoms with Crippen LogP contribution in [0, 0.1) is 22.7 Å². The van der Waals surface area contributed by atoms with Crippen LogP contribution >= 0.6 is 0 Å². The van der Waals surface area contributed by atoms with Crippen molar-refractivity contribution < 1.29 is 8.42 Å². The van der Waals surface area contributed by atoms with Crippen molar-refractivity contribution in [2.24, 2.45) is 0 Å². The summed E-state index contributed by atoms with van der Waals surface area (Å²) in [6.07, 6.45) is 1.28. The molecule has 0 amide bonds. The summed E-state index contributed by atoms with van der Waals surface area (Å²) in [5, 5.41) is 17.7. The molecule has 0 aliphatic rings. The fourth-order valence-electron chi connectivity index (χ4n) is 1.61. The summed E-state index contributed by atoms with van der Waals surface area (Å²) in [6, 6.07) is 10.3. The predicted octanol–water partition coefficient (Wildman–Crippen LogP) is 1.21. The quantitative estimate of drug-likeness (QED) is 0.875. The molecule has 1 heterocycles. The molecule has 8 heteroatoms. The van der Waals surface area contributed by atoms with Crippen LogP contribution in [-0.4, -0.2) is 13.4 Å². The Hall–Kier alpha value is -3.10. The molecule has 0 spiro atoms. The third-order valence-corrected chi connectivity index (χ3v) is 3.95. The zero-order valence-corrected chi connectivity index (χ0v) is 11.4. The summed E-state index contributed by atoms with van der Waals surface area (Å²) in [6.45, 7) is 0. The van der Waals surface area contributed by atoms with E-state index in [1.54, 1.807) is 0 Å². The summed E-state index contributed by atoms with van der Waals surface area (Å²) < 4.78 is 26.6. The second-order valence-corrected chi connectivity index (χ2v) is 5.69. The third kappa shape index (κ3) is 3.08. The highest BCUT2D eigenvalue weighted by molar-refractivity contribution is 7.92. The van der Waals surface area contributed by atoms with Gasteiger partial charge in [-0.3, -0.25) is 4.72 Å². The average molecular weight is 299 g/mol. The van der Waals surface area contributed by atoms with E-state index in [0.29, 0.717) is 0 Å². The smallest absolute Gasteiger partial charge is 0.262 e. The van der Waals surface area contributed by atoms with Crippen molar-refractivity contribution in [3.05, 3.63) is 47.7 Å². The number of anilines is 2. The first kappa shape index (κ1) is 14.3. The van der Waals surface area contributed by atoms with Crippen molar-refractivity contribution in [3.63, 3.8) is 0 Å². The summed E-state index contributed by atoms with van der Waals surface area (Å²) in [5.74, 6) is 0.0791. The molecule has 2 rings (SSSR count). The number of nitrogens with two attached hydrogens (primary N) is 1. The van der Waals surface area contributed by atoms with Crippen LogP contribution in [0.1, 0.15) is 11.1 Å². The van der Waals surface area contributed by atoms with E-state index in [1.807, 2.05) is 12.1 Å². The third-order valence-electron chi connectivity index (χ3n) is 2.58. The van der Waals surface area contributed by atoms with E-state index < -0.39 is 10.0 Å². The number of aromatic nitrogens is 1. The fraction of sp³-hybridized carbons (Fsp3) is 0. The fourth-order valence-corrected chi connectivity index (χ4v) is 2.68. The number of rotatable bonds is 3. The molecule has 0 atom stereocenters. The zero-order chi connectivity index (χ0) is 15.5. The molecule has 3 N–H and O–H groups in total. The van der Waals surface area contributed by atoms with Gasteiger partial charge in [-0.15, -0.1) is 0 Å². The molecule has 21 heavy (non-hydrogen) atoms. The van der Waals surface area contributed by atoms with E-state index in [0.717, 1.165) is 0 Å². The van der Waals surface area contributed by atoms with Gasteiger partial charge in [-0.25, -0.2) is 13.4 Å². The Morgan fingerprint density at radius 1 is 1.10 bits per heavy atom. The summed E-state index contributed by atoms with van der Waals surface area (Å²) in [4.78, 5) is 3.67. The monoisotopic (exact) mass is 299 g/mol. The van der Waals surface area contributed by atoms with E-state index in [9.17, 15) is 8.42 Å². The molecule has 104 valence electrons. The molecular weight excluding hydrogens is 290 g/mol. The van der Waals surface area contributed by atoms with Gasteiger partial charge < -0.3 is 5.73 Å². The molecule has 0 unspecified atom stereocenters. The molecular formula is C13H9N5O2S. The number of nitrogen functional groups attached to an aromatic ring is 1. The molecule has 1 aromatic carbocycles. The van der Waals surface area contributed by atoms with Crippen LogP contribution < -0.4 is 10.5 Å². The van der Waals surface area contributed by atoms with Crippen molar-refractivity contribution in [3.8, 4) is 12.1 Å². The molecule has 0 aliphatic carbocycles. The average Bonchev–Trinajstić information content (AvgIpc) is 2.46. The van der Waals surface area contributed by atoms with E-state index in [4.69, 9.17) is 16.3 Å². The molecule has 0 fully saturated rings. The van der Waals surface area contributed by atoms with Crippen molar-refractivity contribution >= 4 is 21.5 Å². The number of hydrogen-bond donors (Lipinski definition) is 2. The van der Waals surface area contributed by atoms with Crippen LogP contribution in [0.2, 0.25) is 0 Å². The highest BCUT2D eigenvalue weighted by Crippen LogP contribution is 2.19. The molecule has 0 saturated carbocycles. The number of sulfonamides is 1. The van der Waals surface area contributed by atoms with Gasteiger partial charge in [0.2, 0.25) is 0 Å². The molecule has 7 nitrogen and oxygen atoms in total. The zero-order valence-electron chi connectivity index (χ0n) is 10.6. The van der Waals surface area contributed by atoms with Gasteiger partial charge in [0.15, 0.2) is 0 Å². The first-order chi connectivity index (χ1) is 9.96. The van der Waals surface area contributed by atoms with Crippen LogP contribution in [0.15, 0.2) is 41.4 Å². The van der Waals surface area contributed by atoms with E-state index in [1.165, 1.54) is 36.5 Å². The molecule has 1 aromatic heterocycles. The van der Waals surface area contributed by atoms with Gasteiger partial charge in [-0.05, 0) is 24.3 Å². The number of nitriles is 2. The van der Waals surface area contributed by atoms with Gasteiger partial charge >= 0.3 is 0 Å². The van der Waals surface area contributed by atoms with Gasteiger partial charge in [0.05, 0.1) is 21.7 Å². The maximum atomic E-state index is 12.2. The van der Waals surface area contributed by atoms with Crippen molar-refractivity contribution in [2.45, 2.75) is 4.90 Å². The topological polar surface area (TPSA) is 133 Å². The van der Waals surface area contributed by atoms with Crippen LogP contribution in [0.25, 0.3) is 0 Å². The van der Waals surface area contributed by atoms with Crippen molar-refractivity contribution in [1.29, 1.82) is 10.5 Å². The second-order valence-electron chi connectivity index (χ2n) is 4.01. The Morgan fingerprint density at radius 3 is 2.43 bits per heavy atom. The Morgan fingerprint density at radius 2 is 1.81 bits per heavy atom. The standard InChI is InChI=1S/C13H9N5O2S/c14-7-9-1-2-11(5-10(9)8-15)18-21(19,20)12-3-4-17-13(16)6-12/h1-6,18H,(H2,16,17). The van der Waals surface area contributed by atoms with Crippen molar-refractivity contribution in [1.82, 2.24) is 4.98 Å². The Bertz CT molecular complexity index is 878. The molecule has 0 aliphatic heterocycles. The number of pyridine rings is 1. The number of benzene rings is 1. The van der Waals surface area contributed by atoms with Crippen LogP contribution in [0.4, 0.5) is 11.5 Å².